The first-order chi connectivity index (χ1) is 6.23. The molecule has 2 heterocycles. The van der Waals surface area contributed by atoms with Gasteiger partial charge in [-0.1, -0.05) is 6.42 Å². The predicted octanol–water partition coefficient (Wildman–Crippen LogP) is 2.66. The van der Waals surface area contributed by atoms with Gasteiger partial charge in [0.25, 0.3) is 0 Å². The van der Waals surface area contributed by atoms with Crippen molar-refractivity contribution in [2.45, 2.75) is 37.4 Å². The van der Waals surface area contributed by atoms with Crippen LogP contribution in [0.3, 0.4) is 0 Å². The standard InChI is InChI=1S/C11H23NS/c1-12(2)10-13-8-4-3-6-11(13)7-5-9-13/h11H,3-10H2,1-2H3. The Morgan fingerprint density at radius 2 is 1.77 bits per heavy atom. The first kappa shape index (κ1) is 9.85. The van der Waals surface area contributed by atoms with E-state index in [1.54, 1.807) is 24.3 Å². The van der Waals surface area contributed by atoms with Crippen LogP contribution in [-0.2, 0) is 0 Å². The van der Waals surface area contributed by atoms with Crippen LogP contribution in [-0.4, -0.2) is 41.6 Å². The fourth-order valence-corrected chi connectivity index (χ4v) is 8.41. The molecule has 2 aliphatic heterocycles. The van der Waals surface area contributed by atoms with Gasteiger partial charge in [0.05, 0.1) is 0 Å². The first-order valence-electron chi connectivity index (χ1n) is 5.63. The van der Waals surface area contributed by atoms with Crippen LogP contribution < -0.4 is 0 Å². The fraction of sp³-hybridized carbons (Fsp3) is 1.00. The van der Waals surface area contributed by atoms with Gasteiger partial charge in [0.1, 0.15) is 0 Å². The van der Waals surface area contributed by atoms with Gasteiger partial charge in [0, 0.05) is 5.88 Å². The molecule has 0 radical (unpaired) electrons. The van der Waals surface area contributed by atoms with Crippen molar-refractivity contribution in [3.8, 4) is 0 Å². The van der Waals surface area contributed by atoms with Crippen LogP contribution in [0.1, 0.15) is 32.1 Å². The predicted molar refractivity (Wildman–Crippen MR) is 62.8 cm³/mol. The summed E-state index contributed by atoms with van der Waals surface area (Å²) in [4.78, 5) is 2.44. The Balaban J connectivity index is 2.06. The van der Waals surface area contributed by atoms with Crippen molar-refractivity contribution in [1.82, 2.24) is 4.90 Å². The molecule has 0 aromatic carbocycles. The lowest BCUT2D eigenvalue weighted by molar-refractivity contribution is 0.477. The molecule has 2 unspecified atom stereocenters. The van der Waals surface area contributed by atoms with Crippen molar-refractivity contribution in [3.63, 3.8) is 0 Å². The van der Waals surface area contributed by atoms with Crippen LogP contribution in [0.2, 0.25) is 0 Å². The fourth-order valence-electron chi connectivity index (χ4n) is 3.19. The summed E-state index contributed by atoms with van der Waals surface area (Å²) >= 11 is 0. The maximum absolute atomic E-state index is 2.44. The van der Waals surface area contributed by atoms with Crippen LogP contribution >= 0.6 is 10.0 Å². The topological polar surface area (TPSA) is 3.24 Å². The summed E-state index contributed by atoms with van der Waals surface area (Å²) in [5, 5.41) is 1.16. The summed E-state index contributed by atoms with van der Waals surface area (Å²) in [6.45, 7) is 0. The van der Waals surface area contributed by atoms with Crippen molar-refractivity contribution in [3.05, 3.63) is 0 Å². The molecule has 2 saturated heterocycles. The highest BCUT2D eigenvalue weighted by Gasteiger charge is 2.39. The van der Waals surface area contributed by atoms with Gasteiger partial charge >= 0.3 is 0 Å². The van der Waals surface area contributed by atoms with E-state index < -0.39 is 0 Å². The van der Waals surface area contributed by atoms with Crippen LogP contribution in [0.15, 0.2) is 0 Å². The molecule has 0 aromatic heterocycles. The second-order valence-corrected chi connectivity index (χ2v) is 8.96. The Labute approximate surface area is 84.2 Å². The lowest BCUT2D eigenvalue weighted by atomic mass is 10.1. The van der Waals surface area contributed by atoms with Gasteiger partial charge in [0.15, 0.2) is 0 Å². The highest BCUT2D eigenvalue weighted by Crippen LogP contribution is 2.63. The molecule has 0 saturated carbocycles. The molecule has 78 valence electrons. The molecule has 13 heavy (non-hydrogen) atoms. The van der Waals surface area contributed by atoms with Crippen LogP contribution in [0.25, 0.3) is 0 Å². The van der Waals surface area contributed by atoms with Gasteiger partial charge < -0.3 is 4.90 Å². The molecule has 0 N–H and O–H groups in total. The van der Waals surface area contributed by atoms with Crippen molar-refractivity contribution < 1.29 is 0 Å². The van der Waals surface area contributed by atoms with Gasteiger partial charge in [-0.15, -0.1) is 0 Å². The third kappa shape index (κ3) is 1.89. The average molecular weight is 201 g/mol. The number of hydrogen-bond donors (Lipinski definition) is 0. The Morgan fingerprint density at radius 3 is 2.54 bits per heavy atom. The van der Waals surface area contributed by atoms with Crippen molar-refractivity contribution in [1.29, 1.82) is 0 Å². The van der Waals surface area contributed by atoms with Gasteiger partial charge in [-0.25, -0.2) is 10.0 Å². The Morgan fingerprint density at radius 1 is 1.08 bits per heavy atom. The van der Waals surface area contributed by atoms with E-state index in [1.165, 1.54) is 25.1 Å². The van der Waals surface area contributed by atoms with Crippen molar-refractivity contribution in [2.75, 3.05) is 31.5 Å². The van der Waals surface area contributed by atoms with Crippen molar-refractivity contribution >= 4 is 10.0 Å². The Hall–Kier alpha value is 0.310. The molecule has 0 bridgehead atoms. The highest BCUT2D eigenvalue weighted by molar-refractivity contribution is 8.34. The third-order valence-corrected chi connectivity index (χ3v) is 8.75. The van der Waals surface area contributed by atoms with E-state index in [2.05, 4.69) is 19.0 Å². The quantitative estimate of drug-likeness (QED) is 0.664. The zero-order valence-electron chi connectivity index (χ0n) is 9.09. The van der Waals surface area contributed by atoms with Gasteiger partial charge in [-0.05, 0) is 56.5 Å². The molecule has 2 rings (SSSR count). The van der Waals surface area contributed by atoms with Crippen LogP contribution in [0.5, 0.6) is 0 Å². The first-order valence-corrected chi connectivity index (χ1v) is 7.83. The van der Waals surface area contributed by atoms with E-state index in [9.17, 15) is 0 Å². The lowest BCUT2D eigenvalue weighted by Gasteiger charge is -2.47. The molecule has 2 heteroatoms. The third-order valence-electron chi connectivity index (χ3n) is 3.63. The minimum Gasteiger partial charge on any atom is -0.302 e. The molecule has 0 aromatic rings. The number of nitrogens with zero attached hydrogens (tertiary/aromatic N) is 1. The van der Waals surface area contributed by atoms with E-state index in [4.69, 9.17) is 0 Å². The monoisotopic (exact) mass is 201 g/mol. The molecule has 0 aliphatic carbocycles. The van der Waals surface area contributed by atoms with Gasteiger partial charge in [-0.2, -0.15) is 0 Å². The van der Waals surface area contributed by atoms with Crippen LogP contribution in [0, 0.1) is 0 Å². The summed E-state index contributed by atoms with van der Waals surface area (Å²) in [5.41, 5.74) is 0. The smallest absolute Gasteiger partial charge is 0.0286 e. The zero-order valence-corrected chi connectivity index (χ0v) is 9.91. The van der Waals surface area contributed by atoms with Crippen molar-refractivity contribution in [2.24, 2.45) is 0 Å². The lowest BCUT2D eigenvalue weighted by Crippen LogP contribution is -2.30. The summed E-state index contributed by atoms with van der Waals surface area (Å²) in [7, 11) is 4.33. The van der Waals surface area contributed by atoms with E-state index in [0.29, 0.717) is 0 Å². The summed E-state index contributed by atoms with van der Waals surface area (Å²) in [5.74, 6) is 4.61. The minimum atomic E-state index is -0.177. The molecule has 0 spiro atoms. The van der Waals surface area contributed by atoms with E-state index >= 15 is 0 Å². The summed E-state index contributed by atoms with van der Waals surface area (Å²) in [6.07, 6.45) is 7.70. The Bertz CT molecular complexity index is 181. The van der Waals surface area contributed by atoms with Crippen LogP contribution in [0.4, 0.5) is 0 Å². The minimum absolute atomic E-state index is 0.177. The second kappa shape index (κ2) is 3.82. The number of hydrogen-bond acceptors (Lipinski definition) is 1. The zero-order chi connectivity index (χ0) is 9.31. The van der Waals surface area contributed by atoms with Gasteiger partial charge in [-0.3, -0.25) is 0 Å². The Kier molecular flexibility index (Phi) is 2.89. The molecule has 2 fully saturated rings. The molecule has 2 atom stereocenters. The number of fused-ring (bicyclic) bond motifs is 1. The summed E-state index contributed by atoms with van der Waals surface area (Å²) in [6, 6.07) is 0. The summed E-state index contributed by atoms with van der Waals surface area (Å²) < 4.78 is 0. The largest absolute Gasteiger partial charge is 0.302 e. The van der Waals surface area contributed by atoms with Gasteiger partial charge in [0.2, 0.25) is 0 Å². The number of rotatable bonds is 2. The molecule has 0 amide bonds. The SMILES string of the molecule is CN(C)CS12CCCCC1CCC2. The maximum Gasteiger partial charge on any atom is 0.0286 e. The highest BCUT2D eigenvalue weighted by atomic mass is 32.3. The van der Waals surface area contributed by atoms with E-state index in [1.807, 2.05) is 0 Å². The normalized spacial score (nSPS) is 44.4. The molecular weight excluding hydrogens is 178 g/mol. The van der Waals surface area contributed by atoms with E-state index in [0.717, 1.165) is 5.25 Å². The average Bonchev–Trinajstić information content (AvgIpc) is 2.45. The molecule has 2 aliphatic rings. The van der Waals surface area contributed by atoms with E-state index in [-0.39, 0.29) is 10.0 Å². The maximum atomic E-state index is 2.44. The second-order valence-electron chi connectivity index (χ2n) is 4.99. The molecular formula is C11H23NS. The molecule has 1 nitrogen and oxygen atoms in total.